The summed E-state index contributed by atoms with van der Waals surface area (Å²) in [5, 5.41) is 0. The maximum Gasteiger partial charge on any atom is 0.459 e. The molecule has 23 heavy (non-hydrogen) atoms. The van der Waals surface area contributed by atoms with E-state index >= 15 is 0 Å². The van der Waals surface area contributed by atoms with Crippen molar-refractivity contribution in [1.29, 1.82) is 0 Å². The summed E-state index contributed by atoms with van der Waals surface area (Å²) in [6.45, 7) is 3.65. The van der Waals surface area contributed by atoms with Crippen LogP contribution in [0.1, 0.15) is 43.4 Å². The zero-order valence-electron chi connectivity index (χ0n) is 12.7. The summed E-state index contributed by atoms with van der Waals surface area (Å²) >= 11 is 0. The van der Waals surface area contributed by atoms with E-state index in [0.29, 0.717) is 0 Å². The molecule has 0 heterocycles. The molecule has 0 spiro atoms. The van der Waals surface area contributed by atoms with Gasteiger partial charge in [0.25, 0.3) is 0 Å². The Morgan fingerprint density at radius 3 is 1.91 bits per heavy atom. The van der Waals surface area contributed by atoms with E-state index in [-0.39, 0.29) is 11.5 Å². The molecule has 132 valence electrons. The third kappa shape index (κ3) is 4.16. The van der Waals surface area contributed by atoms with Crippen molar-refractivity contribution in [2.45, 2.75) is 50.3 Å². The summed E-state index contributed by atoms with van der Waals surface area (Å²) in [6, 6.07) is 6.02. The van der Waals surface area contributed by atoms with Crippen LogP contribution in [0.4, 0.5) is 30.7 Å². The quantitative estimate of drug-likeness (QED) is 0.599. The van der Waals surface area contributed by atoms with Gasteiger partial charge in [-0.05, 0) is 17.0 Å². The van der Waals surface area contributed by atoms with Crippen molar-refractivity contribution in [2.75, 3.05) is 7.11 Å². The smallest absolute Gasteiger partial charge is 0.377 e. The predicted octanol–water partition coefficient (Wildman–Crippen LogP) is 5.72. The van der Waals surface area contributed by atoms with Crippen molar-refractivity contribution in [3.63, 3.8) is 0 Å². The Bertz CT molecular complexity index is 523. The summed E-state index contributed by atoms with van der Waals surface area (Å²) in [6.07, 6.45) is -9.71. The topological polar surface area (TPSA) is 9.23 Å². The lowest BCUT2D eigenvalue weighted by Gasteiger charge is -2.30. The molecule has 0 bridgehead atoms. The Morgan fingerprint density at radius 1 is 0.957 bits per heavy atom. The fourth-order valence-corrected chi connectivity index (χ4v) is 2.02. The number of benzene rings is 1. The van der Waals surface area contributed by atoms with Gasteiger partial charge in [0.2, 0.25) is 0 Å². The van der Waals surface area contributed by atoms with Gasteiger partial charge in [0.05, 0.1) is 6.10 Å². The molecule has 0 amide bonds. The molecular formula is C15H17F7O. The van der Waals surface area contributed by atoms with Crippen LogP contribution in [0.3, 0.4) is 0 Å². The van der Waals surface area contributed by atoms with Gasteiger partial charge in [0.15, 0.2) is 0 Å². The standard InChI is InChI=1S/C15H17F7O/c1-9(2)10-5-4-6-11(7-10)12(23-3)8-13(16,17)14(18,19)15(20,21)22/h4-7,9,12H,8H2,1-3H3. The van der Waals surface area contributed by atoms with Crippen molar-refractivity contribution < 1.29 is 35.5 Å². The highest BCUT2D eigenvalue weighted by molar-refractivity contribution is 5.27. The van der Waals surface area contributed by atoms with E-state index in [0.717, 1.165) is 12.7 Å². The summed E-state index contributed by atoms with van der Waals surface area (Å²) in [5.74, 6) is -11.4. The van der Waals surface area contributed by atoms with Gasteiger partial charge in [-0.15, -0.1) is 0 Å². The number of hydrogen-bond acceptors (Lipinski definition) is 1. The molecule has 0 aromatic heterocycles. The van der Waals surface area contributed by atoms with Gasteiger partial charge in [-0.3, -0.25) is 0 Å². The average molecular weight is 346 g/mol. The molecule has 0 aliphatic carbocycles. The molecule has 1 unspecified atom stereocenters. The molecule has 0 saturated carbocycles. The molecule has 1 rings (SSSR count). The number of rotatable bonds is 6. The molecule has 1 aromatic rings. The maximum absolute atomic E-state index is 13.5. The van der Waals surface area contributed by atoms with E-state index in [1.54, 1.807) is 6.07 Å². The van der Waals surface area contributed by atoms with Gasteiger partial charge in [0, 0.05) is 13.5 Å². The summed E-state index contributed by atoms with van der Waals surface area (Å²) in [4.78, 5) is 0. The van der Waals surface area contributed by atoms with Gasteiger partial charge in [-0.1, -0.05) is 38.1 Å². The Balaban J connectivity index is 3.11. The Kier molecular flexibility index (Phi) is 5.72. The number of halogens is 7. The lowest BCUT2D eigenvalue weighted by molar-refractivity contribution is -0.358. The van der Waals surface area contributed by atoms with Crippen LogP contribution in [0.15, 0.2) is 24.3 Å². The molecule has 1 atom stereocenters. The Morgan fingerprint density at radius 2 is 1.48 bits per heavy atom. The van der Waals surface area contributed by atoms with E-state index in [4.69, 9.17) is 4.74 Å². The van der Waals surface area contributed by atoms with Crippen LogP contribution in [0.2, 0.25) is 0 Å². The van der Waals surface area contributed by atoms with E-state index in [1.165, 1.54) is 18.2 Å². The lowest BCUT2D eigenvalue weighted by Crippen LogP contribution is -2.52. The predicted molar refractivity (Wildman–Crippen MR) is 70.8 cm³/mol. The van der Waals surface area contributed by atoms with Crippen LogP contribution in [-0.4, -0.2) is 25.1 Å². The number of ether oxygens (including phenoxy) is 1. The molecule has 8 heteroatoms. The molecule has 0 saturated heterocycles. The fourth-order valence-electron chi connectivity index (χ4n) is 2.02. The van der Waals surface area contributed by atoms with E-state index in [2.05, 4.69) is 0 Å². The van der Waals surface area contributed by atoms with Gasteiger partial charge in [-0.25, -0.2) is 0 Å². The van der Waals surface area contributed by atoms with E-state index < -0.39 is 30.5 Å². The first kappa shape index (κ1) is 19.7. The monoisotopic (exact) mass is 346 g/mol. The molecular weight excluding hydrogens is 329 g/mol. The maximum atomic E-state index is 13.5. The highest BCUT2D eigenvalue weighted by atomic mass is 19.4. The highest BCUT2D eigenvalue weighted by Gasteiger charge is 2.73. The lowest BCUT2D eigenvalue weighted by atomic mass is 9.94. The second kappa shape index (κ2) is 6.67. The van der Waals surface area contributed by atoms with Gasteiger partial charge in [0.1, 0.15) is 0 Å². The van der Waals surface area contributed by atoms with Gasteiger partial charge < -0.3 is 4.74 Å². The second-order valence-corrected chi connectivity index (χ2v) is 5.53. The first-order valence-corrected chi connectivity index (χ1v) is 6.78. The van der Waals surface area contributed by atoms with Gasteiger partial charge >= 0.3 is 18.0 Å². The zero-order valence-corrected chi connectivity index (χ0v) is 12.7. The van der Waals surface area contributed by atoms with Crippen LogP contribution < -0.4 is 0 Å². The van der Waals surface area contributed by atoms with Crippen molar-refractivity contribution in [3.05, 3.63) is 35.4 Å². The minimum absolute atomic E-state index is 0.0320. The summed E-state index contributed by atoms with van der Waals surface area (Å²) < 4.78 is 94.3. The molecule has 0 N–H and O–H groups in total. The molecule has 0 aliphatic rings. The van der Waals surface area contributed by atoms with E-state index in [9.17, 15) is 30.7 Å². The third-order valence-electron chi connectivity index (χ3n) is 3.49. The zero-order chi connectivity index (χ0) is 18.1. The van der Waals surface area contributed by atoms with Crippen molar-refractivity contribution in [1.82, 2.24) is 0 Å². The van der Waals surface area contributed by atoms with Crippen LogP contribution in [0, 0.1) is 0 Å². The van der Waals surface area contributed by atoms with Crippen LogP contribution in [-0.2, 0) is 4.74 Å². The minimum Gasteiger partial charge on any atom is -0.377 e. The SMILES string of the molecule is COC(CC(F)(F)C(F)(F)C(F)(F)F)c1cccc(C(C)C)c1. The Hall–Kier alpha value is -1.31. The van der Waals surface area contributed by atoms with Crippen LogP contribution in [0.5, 0.6) is 0 Å². The molecule has 0 radical (unpaired) electrons. The van der Waals surface area contributed by atoms with Crippen molar-refractivity contribution >= 4 is 0 Å². The van der Waals surface area contributed by atoms with Crippen LogP contribution >= 0.6 is 0 Å². The third-order valence-corrected chi connectivity index (χ3v) is 3.49. The average Bonchev–Trinajstić information content (AvgIpc) is 2.43. The molecule has 1 nitrogen and oxygen atoms in total. The first-order chi connectivity index (χ1) is 10.3. The normalized spacial score (nSPS) is 15.1. The number of methoxy groups -OCH3 is 1. The number of alkyl halides is 7. The fraction of sp³-hybridized carbons (Fsp3) is 0.600. The van der Waals surface area contributed by atoms with Gasteiger partial charge in [-0.2, -0.15) is 30.7 Å². The largest absolute Gasteiger partial charge is 0.459 e. The molecule has 1 aromatic carbocycles. The minimum atomic E-state index is -6.34. The van der Waals surface area contributed by atoms with E-state index in [1.807, 2.05) is 13.8 Å². The van der Waals surface area contributed by atoms with Crippen molar-refractivity contribution in [2.24, 2.45) is 0 Å². The number of hydrogen-bond donors (Lipinski definition) is 0. The first-order valence-electron chi connectivity index (χ1n) is 6.78. The summed E-state index contributed by atoms with van der Waals surface area (Å²) in [5.41, 5.74) is 0.854. The molecule has 0 aliphatic heterocycles. The highest BCUT2D eigenvalue weighted by Crippen LogP contribution is 2.50. The Labute approximate surface area is 129 Å². The second-order valence-electron chi connectivity index (χ2n) is 5.53. The summed E-state index contributed by atoms with van der Waals surface area (Å²) in [7, 11) is 0.981. The van der Waals surface area contributed by atoms with Crippen LogP contribution in [0.25, 0.3) is 0 Å². The van der Waals surface area contributed by atoms with Crippen molar-refractivity contribution in [3.8, 4) is 0 Å². The molecule has 0 fully saturated rings.